The van der Waals surface area contributed by atoms with Crippen LogP contribution in [0.3, 0.4) is 0 Å². The number of hydrogen-bond donors (Lipinski definition) is 1. The molecular weight excluding hydrogens is 406 g/mol. The third-order valence-corrected chi connectivity index (χ3v) is 5.57. The van der Waals surface area contributed by atoms with Gasteiger partial charge in [-0.05, 0) is 25.5 Å². The molecule has 0 atom stereocenters. The maximum absolute atomic E-state index is 12.2. The van der Waals surface area contributed by atoms with Crippen LogP contribution in [-0.2, 0) is 19.1 Å². The van der Waals surface area contributed by atoms with E-state index in [1.165, 1.54) is 24.4 Å². The third-order valence-electron chi connectivity index (χ3n) is 4.64. The number of aromatic nitrogens is 3. The van der Waals surface area contributed by atoms with Gasteiger partial charge in [-0.3, -0.25) is 14.2 Å². The van der Waals surface area contributed by atoms with Crippen molar-refractivity contribution >= 4 is 29.6 Å². The molecule has 1 fully saturated rings. The second-order valence-electron chi connectivity index (χ2n) is 6.87. The average Bonchev–Trinajstić information content (AvgIpc) is 3.20. The van der Waals surface area contributed by atoms with E-state index >= 15 is 0 Å². The summed E-state index contributed by atoms with van der Waals surface area (Å²) in [6, 6.07) is 8.14. The number of morpholine rings is 1. The lowest BCUT2D eigenvalue weighted by Gasteiger charge is -2.27. The van der Waals surface area contributed by atoms with Crippen molar-refractivity contribution in [1.82, 2.24) is 20.1 Å². The van der Waals surface area contributed by atoms with Crippen LogP contribution in [0.25, 0.3) is 5.69 Å². The van der Waals surface area contributed by atoms with Gasteiger partial charge in [-0.2, -0.15) is 0 Å². The molecule has 0 unspecified atom stereocenters. The SMILES string of the molecule is COC(=O)CCCNC(=O)CSc1nnc(N2CCOCC2)n1-c1ccc(C)cc1. The fourth-order valence-electron chi connectivity index (χ4n) is 2.99. The van der Waals surface area contributed by atoms with E-state index in [1.54, 1.807) is 0 Å². The molecular formula is C20H27N5O4S. The number of methoxy groups -OCH3 is 1. The molecule has 162 valence electrons. The highest BCUT2D eigenvalue weighted by Crippen LogP contribution is 2.27. The van der Waals surface area contributed by atoms with E-state index in [0.29, 0.717) is 31.3 Å². The van der Waals surface area contributed by atoms with Gasteiger partial charge in [0.25, 0.3) is 0 Å². The van der Waals surface area contributed by atoms with Crippen molar-refractivity contribution in [3.8, 4) is 5.69 Å². The topological polar surface area (TPSA) is 98.6 Å². The summed E-state index contributed by atoms with van der Waals surface area (Å²) in [5.41, 5.74) is 2.12. The molecule has 0 aliphatic carbocycles. The van der Waals surface area contributed by atoms with Gasteiger partial charge >= 0.3 is 5.97 Å². The predicted octanol–water partition coefficient (Wildman–Crippen LogP) is 1.57. The second kappa shape index (κ2) is 11.0. The van der Waals surface area contributed by atoms with Crippen LogP contribution >= 0.6 is 11.8 Å². The van der Waals surface area contributed by atoms with Crippen LogP contribution in [0.1, 0.15) is 18.4 Å². The number of anilines is 1. The fraction of sp³-hybridized carbons (Fsp3) is 0.500. The summed E-state index contributed by atoms with van der Waals surface area (Å²) < 4.78 is 12.0. The van der Waals surface area contributed by atoms with Gasteiger partial charge in [0.2, 0.25) is 11.9 Å². The Labute approximate surface area is 180 Å². The van der Waals surface area contributed by atoms with Crippen molar-refractivity contribution in [3.63, 3.8) is 0 Å². The monoisotopic (exact) mass is 433 g/mol. The zero-order chi connectivity index (χ0) is 21.3. The van der Waals surface area contributed by atoms with Gasteiger partial charge in [-0.25, -0.2) is 0 Å². The Morgan fingerprint density at radius 3 is 2.63 bits per heavy atom. The lowest BCUT2D eigenvalue weighted by atomic mass is 10.2. The Kier molecular flexibility index (Phi) is 8.09. The first-order valence-electron chi connectivity index (χ1n) is 9.90. The number of esters is 1. The Hall–Kier alpha value is -2.59. The van der Waals surface area contributed by atoms with Crippen molar-refractivity contribution in [2.24, 2.45) is 0 Å². The normalized spacial score (nSPS) is 13.9. The average molecular weight is 434 g/mol. The molecule has 10 heteroatoms. The summed E-state index contributed by atoms with van der Waals surface area (Å²) >= 11 is 1.34. The molecule has 1 N–H and O–H groups in total. The maximum atomic E-state index is 12.2. The minimum absolute atomic E-state index is 0.115. The van der Waals surface area contributed by atoms with Gasteiger partial charge in [0, 0.05) is 26.1 Å². The molecule has 30 heavy (non-hydrogen) atoms. The minimum atomic E-state index is -0.277. The first kappa shape index (κ1) is 22.1. The molecule has 3 rings (SSSR count). The van der Waals surface area contributed by atoms with Crippen LogP contribution < -0.4 is 10.2 Å². The summed E-state index contributed by atoms with van der Waals surface area (Å²) in [6.45, 7) is 5.26. The van der Waals surface area contributed by atoms with E-state index in [2.05, 4.69) is 25.2 Å². The van der Waals surface area contributed by atoms with Crippen molar-refractivity contribution < 1.29 is 19.1 Å². The van der Waals surface area contributed by atoms with Crippen LogP contribution in [0.4, 0.5) is 5.95 Å². The molecule has 1 aromatic heterocycles. The molecule has 1 saturated heterocycles. The Bertz CT molecular complexity index is 849. The molecule has 1 aromatic carbocycles. The van der Waals surface area contributed by atoms with Gasteiger partial charge in [-0.15, -0.1) is 10.2 Å². The van der Waals surface area contributed by atoms with Crippen molar-refractivity contribution in [1.29, 1.82) is 0 Å². The number of thioether (sulfide) groups is 1. The van der Waals surface area contributed by atoms with Crippen molar-refractivity contribution in [3.05, 3.63) is 29.8 Å². The van der Waals surface area contributed by atoms with Crippen LogP contribution in [0.5, 0.6) is 0 Å². The zero-order valence-corrected chi connectivity index (χ0v) is 18.1. The van der Waals surface area contributed by atoms with E-state index in [0.717, 1.165) is 24.7 Å². The van der Waals surface area contributed by atoms with E-state index in [1.807, 2.05) is 35.8 Å². The van der Waals surface area contributed by atoms with Crippen LogP contribution in [-0.4, -0.2) is 72.4 Å². The van der Waals surface area contributed by atoms with E-state index in [4.69, 9.17) is 4.74 Å². The van der Waals surface area contributed by atoms with E-state index in [-0.39, 0.29) is 24.1 Å². The summed E-state index contributed by atoms with van der Waals surface area (Å²) in [5.74, 6) is 0.575. The number of hydrogen-bond acceptors (Lipinski definition) is 8. The number of rotatable bonds is 9. The van der Waals surface area contributed by atoms with Crippen LogP contribution in [0.2, 0.25) is 0 Å². The van der Waals surface area contributed by atoms with Crippen molar-refractivity contribution in [2.45, 2.75) is 24.9 Å². The molecule has 9 nitrogen and oxygen atoms in total. The molecule has 1 aliphatic heterocycles. The third kappa shape index (κ3) is 5.96. The number of nitrogens with one attached hydrogen (secondary N) is 1. The molecule has 1 amide bonds. The number of carbonyl (C=O) groups excluding carboxylic acids is 2. The quantitative estimate of drug-likeness (QED) is 0.362. The standard InChI is InChI=1S/C20H27N5O4S/c1-15-5-7-16(8-6-15)25-19(24-10-12-29-13-11-24)22-23-20(25)30-14-17(26)21-9-3-4-18(27)28-2/h5-8H,3-4,9-14H2,1-2H3,(H,21,26). The molecule has 0 saturated carbocycles. The molecule has 0 bridgehead atoms. The minimum Gasteiger partial charge on any atom is -0.469 e. The summed E-state index contributed by atoms with van der Waals surface area (Å²) in [7, 11) is 1.35. The predicted molar refractivity (Wildman–Crippen MR) is 114 cm³/mol. The fourth-order valence-corrected chi connectivity index (χ4v) is 3.76. The number of carbonyl (C=O) groups is 2. The summed E-state index contributed by atoms with van der Waals surface area (Å²) in [4.78, 5) is 25.5. The largest absolute Gasteiger partial charge is 0.469 e. The Morgan fingerprint density at radius 2 is 1.93 bits per heavy atom. The zero-order valence-electron chi connectivity index (χ0n) is 17.3. The van der Waals surface area contributed by atoms with Crippen molar-refractivity contribution in [2.75, 3.05) is 50.6 Å². The Balaban J connectivity index is 1.66. The number of amides is 1. The first-order chi connectivity index (χ1) is 14.6. The molecule has 2 heterocycles. The lowest BCUT2D eigenvalue weighted by Crippen LogP contribution is -2.37. The summed E-state index contributed by atoms with van der Waals surface area (Å²) in [5, 5.41) is 12.2. The van der Waals surface area contributed by atoms with E-state index in [9.17, 15) is 9.59 Å². The van der Waals surface area contributed by atoms with Crippen LogP contribution in [0, 0.1) is 6.92 Å². The van der Waals surface area contributed by atoms with Gasteiger partial charge in [0.05, 0.1) is 31.8 Å². The molecule has 1 aliphatic rings. The Morgan fingerprint density at radius 1 is 1.20 bits per heavy atom. The van der Waals surface area contributed by atoms with Crippen LogP contribution in [0.15, 0.2) is 29.4 Å². The molecule has 2 aromatic rings. The highest BCUT2D eigenvalue weighted by molar-refractivity contribution is 7.99. The van der Waals surface area contributed by atoms with Gasteiger partial charge in [-0.1, -0.05) is 29.5 Å². The van der Waals surface area contributed by atoms with Gasteiger partial charge in [0.1, 0.15) is 0 Å². The van der Waals surface area contributed by atoms with E-state index < -0.39 is 0 Å². The number of ether oxygens (including phenoxy) is 2. The maximum Gasteiger partial charge on any atom is 0.305 e. The van der Waals surface area contributed by atoms with Gasteiger partial charge in [0.15, 0.2) is 5.16 Å². The number of aryl methyl sites for hydroxylation is 1. The highest BCUT2D eigenvalue weighted by Gasteiger charge is 2.22. The highest BCUT2D eigenvalue weighted by atomic mass is 32.2. The smallest absolute Gasteiger partial charge is 0.305 e. The number of nitrogens with zero attached hydrogens (tertiary/aromatic N) is 4. The molecule has 0 spiro atoms. The second-order valence-corrected chi connectivity index (χ2v) is 7.81. The number of benzene rings is 1. The summed E-state index contributed by atoms with van der Waals surface area (Å²) in [6.07, 6.45) is 0.832. The first-order valence-corrected chi connectivity index (χ1v) is 10.9. The molecule has 0 radical (unpaired) electrons. The lowest BCUT2D eigenvalue weighted by molar-refractivity contribution is -0.140. The van der Waals surface area contributed by atoms with Gasteiger partial charge < -0.3 is 19.7 Å².